The van der Waals surface area contributed by atoms with Crippen LogP contribution >= 0.6 is 0 Å². The number of hydrogen-bond donors (Lipinski definition) is 4. The molecule has 0 saturated carbocycles. The van der Waals surface area contributed by atoms with Gasteiger partial charge >= 0.3 is 0 Å². The van der Waals surface area contributed by atoms with Gasteiger partial charge in [-0.3, -0.25) is 0 Å². The molecule has 242 valence electrons. The predicted molar refractivity (Wildman–Crippen MR) is 143 cm³/mol. The monoisotopic (exact) mass is 590 g/mol. The number of ether oxygens (including phenoxy) is 10. The SMILES string of the molecule is CC(C)(CO)COCCOCCOCCOCCOC(CO)(CO)OCCOCCOCCOCCOCCO. The number of rotatable bonds is 33. The Morgan fingerprint density at radius 2 is 0.675 bits per heavy atom. The van der Waals surface area contributed by atoms with E-state index in [1.54, 1.807) is 0 Å². The molecule has 0 fully saturated rings. The van der Waals surface area contributed by atoms with Crippen LogP contribution in [0.4, 0.5) is 0 Å². The molecule has 0 aliphatic heterocycles. The first kappa shape index (κ1) is 39.4. The fraction of sp³-hybridized carbons (Fsp3) is 1.00. The molecule has 0 atom stereocenters. The van der Waals surface area contributed by atoms with Gasteiger partial charge in [-0.2, -0.15) is 0 Å². The molecule has 0 bridgehead atoms. The van der Waals surface area contributed by atoms with Gasteiger partial charge in [-0.05, 0) is 0 Å². The van der Waals surface area contributed by atoms with Gasteiger partial charge in [0.2, 0.25) is 5.79 Å². The minimum atomic E-state index is -1.53. The molecule has 4 N–H and O–H groups in total. The highest BCUT2D eigenvalue weighted by molar-refractivity contribution is 4.67. The molecule has 0 aromatic heterocycles. The first-order valence-electron chi connectivity index (χ1n) is 13.8. The molecule has 0 radical (unpaired) electrons. The lowest BCUT2D eigenvalue weighted by molar-refractivity contribution is -0.277. The van der Waals surface area contributed by atoms with E-state index in [2.05, 4.69) is 0 Å². The molecule has 0 spiro atoms. The molecule has 0 heterocycles. The number of aliphatic hydroxyl groups excluding tert-OH is 4. The summed E-state index contributed by atoms with van der Waals surface area (Å²) in [4.78, 5) is 0. The van der Waals surface area contributed by atoms with Crippen molar-refractivity contribution in [2.24, 2.45) is 5.41 Å². The summed E-state index contributed by atoms with van der Waals surface area (Å²) < 4.78 is 53.9. The highest BCUT2D eigenvalue weighted by Crippen LogP contribution is 2.13. The highest BCUT2D eigenvalue weighted by Gasteiger charge is 2.30. The van der Waals surface area contributed by atoms with Gasteiger partial charge < -0.3 is 67.8 Å². The summed E-state index contributed by atoms with van der Waals surface area (Å²) >= 11 is 0. The van der Waals surface area contributed by atoms with E-state index >= 15 is 0 Å². The van der Waals surface area contributed by atoms with Crippen LogP contribution in [0.3, 0.4) is 0 Å². The summed E-state index contributed by atoms with van der Waals surface area (Å²) in [5.41, 5.74) is -0.250. The molecule has 0 aliphatic carbocycles. The van der Waals surface area contributed by atoms with E-state index in [4.69, 9.17) is 57.6 Å². The van der Waals surface area contributed by atoms with Gasteiger partial charge in [0.05, 0.1) is 145 Å². The summed E-state index contributed by atoms with van der Waals surface area (Å²) in [6.45, 7) is 9.38. The van der Waals surface area contributed by atoms with Gasteiger partial charge in [-0.25, -0.2) is 0 Å². The predicted octanol–water partition coefficient (Wildman–Crippen LogP) is -1.16. The highest BCUT2D eigenvalue weighted by atomic mass is 16.7. The molecule has 14 heteroatoms. The van der Waals surface area contributed by atoms with Crippen molar-refractivity contribution in [2.45, 2.75) is 19.6 Å². The van der Waals surface area contributed by atoms with Gasteiger partial charge in [-0.15, -0.1) is 0 Å². The quantitative estimate of drug-likeness (QED) is 0.0533. The van der Waals surface area contributed by atoms with Crippen LogP contribution in [0, 0.1) is 5.41 Å². The van der Waals surface area contributed by atoms with E-state index < -0.39 is 19.0 Å². The molecule has 0 aliphatic rings. The third-order valence-corrected chi connectivity index (χ3v) is 5.06. The molecule has 0 aromatic rings. The van der Waals surface area contributed by atoms with E-state index in [-0.39, 0.29) is 45.1 Å². The molecule has 0 amide bonds. The summed E-state index contributed by atoms with van der Waals surface area (Å²) in [5.74, 6) is -1.53. The standard InChI is InChI=1S/C26H54O14/c1-25(2,21-28)24-38-16-15-35-10-9-34-12-14-37-18-20-40-26(22-29,23-30)39-19-17-36-13-11-33-8-7-32-6-5-31-4-3-27/h27-30H,3-24H2,1-2H3. The van der Waals surface area contributed by atoms with E-state index in [1.807, 2.05) is 13.8 Å². The van der Waals surface area contributed by atoms with E-state index in [0.717, 1.165) is 0 Å². The molecule has 40 heavy (non-hydrogen) atoms. The first-order chi connectivity index (χ1) is 19.4. The molecular formula is C26H54O14. The van der Waals surface area contributed by atoms with Crippen molar-refractivity contribution >= 4 is 0 Å². The van der Waals surface area contributed by atoms with Crippen LogP contribution in [-0.2, 0) is 47.4 Å². The van der Waals surface area contributed by atoms with Crippen LogP contribution in [0.5, 0.6) is 0 Å². The van der Waals surface area contributed by atoms with E-state index in [9.17, 15) is 10.2 Å². The van der Waals surface area contributed by atoms with Crippen molar-refractivity contribution in [2.75, 3.05) is 145 Å². The van der Waals surface area contributed by atoms with Crippen LogP contribution in [0.25, 0.3) is 0 Å². The van der Waals surface area contributed by atoms with Crippen molar-refractivity contribution in [1.29, 1.82) is 0 Å². The van der Waals surface area contributed by atoms with Crippen molar-refractivity contribution in [3.63, 3.8) is 0 Å². The fourth-order valence-corrected chi connectivity index (χ4v) is 2.73. The van der Waals surface area contributed by atoms with Crippen LogP contribution in [0.2, 0.25) is 0 Å². The van der Waals surface area contributed by atoms with Gasteiger partial charge in [0.1, 0.15) is 0 Å². The zero-order valence-corrected chi connectivity index (χ0v) is 24.4. The average molecular weight is 591 g/mol. The molecule has 0 unspecified atom stereocenters. The van der Waals surface area contributed by atoms with Crippen molar-refractivity contribution < 1.29 is 67.8 Å². The Hall–Kier alpha value is -0.560. The Morgan fingerprint density at radius 3 is 0.975 bits per heavy atom. The van der Waals surface area contributed by atoms with Gasteiger partial charge in [-0.1, -0.05) is 13.8 Å². The Labute approximate surface area is 238 Å². The van der Waals surface area contributed by atoms with Crippen molar-refractivity contribution in [3.8, 4) is 0 Å². The van der Waals surface area contributed by atoms with E-state index in [0.29, 0.717) is 92.5 Å². The maximum atomic E-state index is 9.63. The molecule has 0 rings (SSSR count). The Morgan fingerprint density at radius 1 is 0.375 bits per heavy atom. The normalized spacial score (nSPS) is 12.4. The third-order valence-electron chi connectivity index (χ3n) is 5.06. The first-order valence-corrected chi connectivity index (χ1v) is 13.8. The lowest BCUT2D eigenvalue weighted by Crippen LogP contribution is -2.45. The van der Waals surface area contributed by atoms with E-state index in [1.165, 1.54) is 0 Å². The molecule has 0 saturated heterocycles. The summed E-state index contributed by atoms with van der Waals surface area (Å²) in [6, 6.07) is 0. The van der Waals surface area contributed by atoms with Gasteiger partial charge in [0.15, 0.2) is 0 Å². The number of hydrogen-bond acceptors (Lipinski definition) is 14. The third kappa shape index (κ3) is 25.2. The lowest BCUT2D eigenvalue weighted by atomic mass is 9.97. The summed E-state index contributed by atoms with van der Waals surface area (Å²) in [5, 5.41) is 37.0. The molecule has 0 aromatic carbocycles. The smallest absolute Gasteiger partial charge is 0.215 e. The van der Waals surface area contributed by atoms with Crippen molar-refractivity contribution in [1.82, 2.24) is 0 Å². The minimum Gasteiger partial charge on any atom is -0.396 e. The van der Waals surface area contributed by atoms with Crippen molar-refractivity contribution in [3.05, 3.63) is 0 Å². The number of aliphatic hydroxyl groups is 4. The average Bonchev–Trinajstić information content (AvgIpc) is 2.96. The summed E-state index contributed by atoms with van der Waals surface area (Å²) in [7, 11) is 0. The second kappa shape index (κ2) is 28.6. The van der Waals surface area contributed by atoms with Crippen LogP contribution in [0.1, 0.15) is 13.8 Å². The zero-order chi connectivity index (χ0) is 29.6. The maximum absolute atomic E-state index is 9.63. The fourth-order valence-electron chi connectivity index (χ4n) is 2.73. The lowest BCUT2D eigenvalue weighted by Gasteiger charge is -2.30. The summed E-state index contributed by atoms with van der Waals surface area (Å²) in [6.07, 6.45) is 0. The maximum Gasteiger partial charge on any atom is 0.215 e. The van der Waals surface area contributed by atoms with Crippen LogP contribution < -0.4 is 0 Å². The Balaban J connectivity index is 3.56. The van der Waals surface area contributed by atoms with Gasteiger partial charge in [0, 0.05) is 5.41 Å². The zero-order valence-electron chi connectivity index (χ0n) is 24.4. The van der Waals surface area contributed by atoms with Crippen LogP contribution in [-0.4, -0.2) is 172 Å². The topological polar surface area (TPSA) is 173 Å². The Bertz CT molecular complexity index is 508. The van der Waals surface area contributed by atoms with Crippen LogP contribution in [0.15, 0.2) is 0 Å². The minimum absolute atomic E-state index is 0.00293. The second-order valence-corrected chi connectivity index (χ2v) is 9.31. The molecular weight excluding hydrogens is 536 g/mol. The van der Waals surface area contributed by atoms with Gasteiger partial charge in [0.25, 0.3) is 0 Å². The Kier molecular flexibility index (Phi) is 28.2. The second-order valence-electron chi connectivity index (χ2n) is 9.31. The molecule has 14 nitrogen and oxygen atoms in total. The largest absolute Gasteiger partial charge is 0.396 e.